The molecule has 6 nitrogen and oxygen atoms in total. The molecule has 5 rings (SSSR count). The lowest BCUT2D eigenvalue weighted by Gasteiger charge is -2.17. The molecule has 0 aliphatic heterocycles. The summed E-state index contributed by atoms with van der Waals surface area (Å²) >= 11 is 12.4. The zero-order chi connectivity index (χ0) is 24.7. The molecular formula is C27H20Cl2N4O2. The van der Waals surface area contributed by atoms with E-state index in [0.717, 1.165) is 21.4 Å². The Morgan fingerprint density at radius 3 is 2.29 bits per heavy atom. The van der Waals surface area contributed by atoms with Crippen LogP contribution in [-0.4, -0.2) is 28.2 Å². The summed E-state index contributed by atoms with van der Waals surface area (Å²) in [5.41, 5.74) is 3.24. The van der Waals surface area contributed by atoms with Gasteiger partial charge in [-0.25, -0.2) is 9.36 Å². The van der Waals surface area contributed by atoms with E-state index in [1.807, 2.05) is 49.3 Å². The van der Waals surface area contributed by atoms with Crippen molar-refractivity contribution in [1.29, 1.82) is 0 Å². The SMILES string of the molecule is CN(C)c1cccc(-c2ccc3c(=O)n(-c4cccnc4)c(=O)n(-c4ccc(Cl)c(Cl)c4)c3c2)c1. The van der Waals surface area contributed by atoms with Crippen molar-refractivity contribution >= 4 is 39.8 Å². The van der Waals surface area contributed by atoms with E-state index in [4.69, 9.17) is 23.2 Å². The first-order valence-electron chi connectivity index (χ1n) is 10.8. The van der Waals surface area contributed by atoms with Crippen molar-refractivity contribution in [2.45, 2.75) is 0 Å². The number of anilines is 1. The van der Waals surface area contributed by atoms with Gasteiger partial charge in [-0.2, -0.15) is 0 Å². The lowest BCUT2D eigenvalue weighted by atomic mass is 10.0. The first-order chi connectivity index (χ1) is 16.8. The topological polar surface area (TPSA) is 60.1 Å². The molecule has 0 radical (unpaired) electrons. The zero-order valence-corrected chi connectivity index (χ0v) is 20.5. The Kier molecular flexibility index (Phi) is 5.93. The Morgan fingerprint density at radius 2 is 1.57 bits per heavy atom. The van der Waals surface area contributed by atoms with E-state index in [-0.39, 0.29) is 0 Å². The van der Waals surface area contributed by atoms with Gasteiger partial charge in [-0.15, -0.1) is 0 Å². The molecule has 174 valence electrons. The Morgan fingerprint density at radius 1 is 0.771 bits per heavy atom. The Hall–Kier alpha value is -3.87. The van der Waals surface area contributed by atoms with Gasteiger partial charge in [0.25, 0.3) is 5.56 Å². The standard InChI is InChI=1S/C27H20Cl2N4O2/c1-31(2)19-6-3-5-17(13-19)18-8-10-22-25(14-18)32(20-9-11-23(28)24(29)15-20)27(35)33(26(22)34)21-7-4-12-30-16-21/h3-16H,1-2H3. The third kappa shape index (κ3) is 4.11. The molecule has 8 heteroatoms. The van der Waals surface area contributed by atoms with Crippen molar-refractivity contribution in [1.82, 2.24) is 14.1 Å². The fourth-order valence-electron chi connectivity index (χ4n) is 4.04. The fraction of sp³-hybridized carbons (Fsp3) is 0.0741. The Bertz CT molecular complexity index is 1690. The monoisotopic (exact) mass is 502 g/mol. The van der Waals surface area contributed by atoms with Crippen molar-refractivity contribution in [2.24, 2.45) is 0 Å². The average molecular weight is 503 g/mol. The number of aromatic nitrogens is 3. The first kappa shape index (κ1) is 22.9. The van der Waals surface area contributed by atoms with E-state index in [1.54, 1.807) is 42.6 Å². The van der Waals surface area contributed by atoms with Gasteiger partial charge in [-0.05, 0) is 65.7 Å². The molecule has 3 aromatic carbocycles. The van der Waals surface area contributed by atoms with Crippen molar-refractivity contribution in [2.75, 3.05) is 19.0 Å². The van der Waals surface area contributed by atoms with Gasteiger partial charge in [0, 0.05) is 26.0 Å². The minimum absolute atomic E-state index is 0.304. The van der Waals surface area contributed by atoms with Crippen molar-refractivity contribution in [3.63, 3.8) is 0 Å². The lowest BCUT2D eigenvalue weighted by molar-refractivity contribution is 0.831. The predicted molar refractivity (Wildman–Crippen MR) is 143 cm³/mol. The number of pyridine rings is 1. The summed E-state index contributed by atoms with van der Waals surface area (Å²) in [5, 5.41) is 1.06. The van der Waals surface area contributed by atoms with E-state index in [2.05, 4.69) is 11.1 Å². The second kappa shape index (κ2) is 9.06. The maximum Gasteiger partial charge on any atom is 0.340 e. The summed E-state index contributed by atoms with van der Waals surface area (Å²) in [6.07, 6.45) is 3.07. The number of hydrogen-bond donors (Lipinski definition) is 0. The zero-order valence-electron chi connectivity index (χ0n) is 18.9. The van der Waals surface area contributed by atoms with E-state index in [1.165, 1.54) is 10.8 Å². The minimum Gasteiger partial charge on any atom is -0.378 e. The van der Waals surface area contributed by atoms with Crippen LogP contribution in [0.3, 0.4) is 0 Å². The molecule has 2 aromatic heterocycles. The predicted octanol–water partition coefficient (Wildman–Crippen LogP) is 5.58. The highest BCUT2D eigenvalue weighted by Gasteiger charge is 2.17. The van der Waals surface area contributed by atoms with Crippen LogP contribution in [0.15, 0.2) is 94.8 Å². The Labute approximate surface area is 211 Å². The van der Waals surface area contributed by atoms with E-state index in [0.29, 0.717) is 32.3 Å². The molecule has 5 aromatic rings. The third-order valence-corrected chi connectivity index (χ3v) is 6.56. The fourth-order valence-corrected chi connectivity index (χ4v) is 4.33. The molecule has 0 aliphatic rings. The summed E-state index contributed by atoms with van der Waals surface area (Å²) in [4.78, 5) is 33.4. The van der Waals surface area contributed by atoms with Crippen LogP contribution in [0.5, 0.6) is 0 Å². The van der Waals surface area contributed by atoms with Gasteiger partial charge in [-0.1, -0.05) is 41.4 Å². The van der Waals surface area contributed by atoms with Crippen LogP contribution in [-0.2, 0) is 0 Å². The van der Waals surface area contributed by atoms with Gasteiger partial charge in [-0.3, -0.25) is 14.3 Å². The van der Waals surface area contributed by atoms with Gasteiger partial charge in [0.05, 0.1) is 38.5 Å². The molecule has 0 saturated carbocycles. The van der Waals surface area contributed by atoms with Gasteiger partial charge >= 0.3 is 5.69 Å². The van der Waals surface area contributed by atoms with Crippen LogP contribution in [0.25, 0.3) is 33.4 Å². The molecule has 0 spiro atoms. The van der Waals surface area contributed by atoms with E-state index < -0.39 is 11.2 Å². The van der Waals surface area contributed by atoms with Crippen LogP contribution >= 0.6 is 23.2 Å². The largest absolute Gasteiger partial charge is 0.378 e. The van der Waals surface area contributed by atoms with Crippen LogP contribution in [0, 0.1) is 0 Å². The lowest BCUT2D eigenvalue weighted by Crippen LogP contribution is -2.38. The van der Waals surface area contributed by atoms with Crippen LogP contribution in [0.4, 0.5) is 5.69 Å². The normalized spacial score (nSPS) is 11.1. The molecule has 0 amide bonds. The number of rotatable bonds is 4. The second-order valence-electron chi connectivity index (χ2n) is 8.24. The second-order valence-corrected chi connectivity index (χ2v) is 9.06. The average Bonchev–Trinajstić information content (AvgIpc) is 2.86. The van der Waals surface area contributed by atoms with Gasteiger partial charge in [0.15, 0.2) is 0 Å². The highest BCUT2D eigenvalue weighted by atomic mass is 35.5. The molecule has 0 bridgehead atoms. The smallest absolute Gasteiger partial charge is 0.340 e. The third-order valence-electron chi connectivity index (χ3n) is 5.82. The van der Waals surface area contributed by atoms with Crippen LogP contribution < -0.4 is 16.1 Å². The molecule has 2 heterocycles. The highest BCUT2D eigenvalue weighted by molar-refractivity contribution is 6.42. The van der Waals surface area contributed by atoms with Crippen molar-refractivity contribution in [3.05, 3.63) is 116 Å². The van der Waals surface area contributed by atoms with E-state index >= 15 is 0 Å². The molecule has 0 aliphatic carbocycles. The number of fused-ring (bicyclic) bond motifs is 1. The Balaban J connectivity index is 1.86. The maximum absolute atomic E-state index is 13.8. The van der Waals surface area contributed by atoms with Crippen molar-refractivity contribution in [3.8, 4) is 22.5 Å². The first-order valence-corrected chi connectivity index (χ1v) is 11.6. The molecule has 0 saturated heterocycles. The molecule has 0 fully saturated rings. The molecule has 0 atom stereocenters. The van der Waals surface area contributed by atoms with Crippen LogP contribution in [0.1, 0.15) is 0 Å². The summed E-state index contributed by atoms with van der Waals surface area (Å²) < 4.78 is 2.59. The molecule has 35 heavy (non-hydrogen) atoms. The van der Waals surface area contributed by atoms with Crippen LogP contribution in [0.2, 0.25) is 10.0 Å². The number of hydrogen-bond acceptors (Lipinski definition) is 4. The van der Waals surface area contributed by atoms with E-state index in [9.17, 15) is 9.59 Å². The quantitative estimate of drug-likeness (QED) is 0.322. The highest BCUT2D eigenvalue weighted by Crippen LogP contribution is 2.29. The summed E-state index contributed by atoms with van der Waals surface area (Å²) in [7, 11) is 3.95. The van der Waals surface area contributed by atoms with Gasteiger partial charge in [0.2, 0.25) is 0 Å². The van der Waals surface area contributed by atoms with Gasteiger partial charge in [0.1, 0.15) is 0 Å². The summed E-state index contributed by atoms with van der Waals surface area (Å²) in [6, 6.07) is 21.8. The molecule has 0 unspecified atom stereocenters. The summed E-state index contributed by atoms with van der Waals surface area (Å²) in [5.74, 6) is 0. The van der Waals surface area contributed by atoms with Gasteiger partial charge < -0.3 is 4.90 Å². The number of halogens is 2. The number of nitrogens with zero attached hydrogens (tertiary/aromatic N) is 4. The number of benzene rings is 3. The maximum atomic E-state index is 13.8. The summed E-state index contributed by atoms with van der Waals surface area (Å²) in [6.45, 7) is 0. The molecule has 0 N–H and O–H groups in total. The minimum atomic E-state index is -0.534. The molecular weight excluding hydrogens is 483 g/mol. The van der Waals surface area contributed by atoms with Crippen molar-refractivity contribution < 1.29 is 0 Å².